The molecule has 1 fully saturated rings. The van der Waals surface area contributed by atoms with Gasteiger partial charge in [0, 0.05) is 10.5 Å². The molecule has 4 N–H and O–H groups in total. The highest BCUT2D eigenvalue weighted by Gasteiger charge is 2.31. The second kappa shape index (κ2) is 5.93. The second-order valence-electron chi connectivity index (χ2n) is 5.23. The molecule has 0 radical (unpaired) electrons. The Balaban J connectivity index is 1.92. The Labute approximate surface area is 126 Å². The van der Waals surface area contributed by atoms with E-state index in [0.717, 1.165) is 17.3 Å². The predicted octanol–water partition coefficient (Wildman–Crippen LogP) is 1.02. The van der Waals surface area contributed by atoms with Crippen molar-refractivity contribution in [3.63, 3.8) is 0 Å². The molecule has 0 aliphatic heterocycles. The second-order valence-corrected chi connectivity index (χ2v) is 6.15. The maximum absolute atomic E-state index is 12.1. The van der Waals surface area contributed by atoms with Crippen LogP contribution in [0.15, 0.2) is 28.7 Å². The van der Waals surface area contributed by atoms with Crippen molar-refractivity contribution in [1.82, 2.24) is 10.6 Å². The Morgan fingerprint density at radius 3 is 2.50 bits per heavy atom. The highest BCUT2D eigenvalue weighted by molar-refractivity contribution is 9.10. The van der Waals surface area contributed by atoms with Crippen LogP contribution in [0.1, 0.15) is 25.3 Å². The molecule has 0 heterocycles. The van der Waals surface area contributed by atoms with Gasteiger partial charge in [-0.25, -0.2) is 0 Å². The molecule has 1 aliphatic carbocycles. The average Bonchev–Trinajstić information content (AvgIpc) is 3.20. The summed E-state index contributed by atoms with van der Waals surface area (Å²) >= 11 is 3.33. The van der Waals surface area contributed by atoms with Crippen LogP contribution in [0.4, 0.5) is 0 Å². The van der Waals surface area contributed by atoms with Crippen molar-refractivity contribution in [2.75, 3.05) is 6.54 Å². The van der Waals surface area contributed by atoms with Gasteiger partial charge in [-0.2, -0.15) is 0 Å². The van der Waals surface area contributed by atoms with Crippen LogP contribution in [0.25, 0.3) is 0 Å². The van der Waals surface area contributed by atoms with Crippen molar-refractivity contribution in [1.29, 1.82) is 0 Å². The summed E-state index contributed by atoms with van der Waals surface area (Å²) in [5, 5.41) is 5.39. The molecule has 2 amide bonds. The van der Waals surface area contributed by atoms with Gasteiger partial charge in [0.25, 0.3) is 0 Å². The standard InChI is InChI=1S/C14H18BrN3O2/c1-14(16,9-2-4-10(15)5-3-9)13(20)17-8-12(19)18-11-6-7-11/h2-5,11H,6-8,16H2,1H3,(H,17,20)(H,18,19). The molecule has 1 aromatic rings. The number of nitrogens with two attached hydrogens (primary N) is 1. The lowest BCUT2D eigenvalue weighted by Crippen LogP contribution is -2.51. The molecule has 1 atom stereocenters. The summed E-state index contributed by atoms with van der Waals surface area (Å²) in [6.45, 7) is 1.59. The zero-order chi connectivity index (χ0) is 14.8. The van der Waals surface area contributed by atoms with Crippen LogP contribution in [-0.2, 0) is 15.1 Å². The van der Waals surface area contributed by atoms with E-state index < -0.39 is 5.54 Å². The number of carbonyl (C=O) groups is 2. The van der Waals surface area contributed by atoms with E-state index in [4.69, 9.17) is 5.73 Å². The molecular formula is C14H18BrN3O2. The summed E-state index contributed by atoms with van der Waals surface area (Å²) < 4.78 is 0.918. The average molecular weight is 340 g/mol. The summed E-state index contributed by atoms with van der Waals surface area (Å²) in [6, 6.07) is 7.51. The number of amides is 2. The molecule has 0 aromatic heterocycles. The van der Waals surface area contributed by atoms with E-state index in [-0.39, 0.29) is 24.4 Å². The molecule has 1 saturated carbocycles. The zero-order valence-corrected chi connectivity index (χ0v) is 12.9. The van der Waals surface area contributed by atoms with Gasteiger partial charge in [0.15, 0.2) is 0 Å². The molecule has 0 bridgehead atoms. The molecule has 0 saturated heterocycles. The minimum atomic E-state index is -1.17. The summed E-state index contributed by atoms with van der Waals surface area (Å²) in [7, 11) is 0. The van der Waals surface area contributed by atoms with Gasteiger partial charge >= 0.3 is 0 Å². The molecule has 20 heavy (non-hydrogen) atoms. The van der Waals surface area contributed by atoms with E-state index in [0.29, 0.717) is 5.56 Å². The van der Waals surface area contributed by atoms with Gasteiger partial charge in [-0.3, -0.25) is 9.59 Å². The molecule has 5 nitrogen and oxygen atoms in total. The predicted molar refractivity (Wildman–Crippen MR) is 79.9 cm³/mol. The van der Waals surface area contributed by atoms with Crippen molar-refractivity contribution in [2.24, 2.45) is 5.73 Å². The molecule has 2 rings (SSSR count). The number of nitrogens with one attached hydrogen (secondary N) is 2. The molecule has 6 heteroatoms. The first-order valence-electron chi connectivity index (χ1n) is 6.52. The van der Waals surface area contributed by atoms with E-state index >= 15 is 0 Å². The molecular weight excluding hydrogens is 322 g/mol. The fraction of sp³-hybridized carbons (Fsp3) is 0.429. The highest BCUT2D eigenvalue weighted by Crippen LogP contribution is 2.20. The van der Waals surface area contributed by atoms with Crippen molar-refractivity contribution in [3.8, 4) is 0 Å². The summed E-state index contributed by atoms with van der Waals surface area (Å²) in [5.74, 6) is -0.543. The minimum Gasteiger partial charge on any atom is -0.352 e. The van der Waals surface area contributed by atoms with Gasteiger partial charge in [0.1, 0.15) is 5.54 Å². The monoisotopic (exact) mass is 339 g/mol. The maximum atomic E-state index is 12.1. The van der Waals surface area contributed by atoms with Crippen molar-refractivity contribution < 1.29 is 9.59 Å². The van der Waals surface area contributed by atoms with E-state index in [1.165, 1.54) is 0 Å². The number of hydrogen-bond acceptors (Lipinski definition) is 3. The van der Waals surface area contributed by atoms with Crippen LogP contribution < -0.4 is 16.4 Å². The number of benzene rings is 1. The Kier molecular flexibility index (Phi) is 4.45. The molecule has 108 valence electrons. The van der Waals surface area contributed by atoms with Gasteiger partial charge in [0.05, 0.1) is 6.54 Å². The SMILES string of the molecule is CC(N)(C(=O)NCC(=O)NC1CC1)c1ccc(Br)cc1. The smallest absolute Gasteiger partial charge is 0.244 e. The van der Waals surface area contributed by atoms with Gasteiger partial charge in [0.2, 0.25) is 11.8 Å². The van der Waals surface area contributed by atoms with Gasteiger partial charge in [-0.15, -0.1) is 0 Å². The van der Waals surface area contributed by atoms with E-state index in [1.54, 1.807) is 19.1 Å². The lowest BCUT2D eigenvalue weighted by atomic mass is 9.92. The highest BCUT2D eigenvalue weighted by atomic mass is 79.9. The van der Waals surface area contributed by atoms with Crippen LogP contribution >= 0.6 is 15.9 Å². The third kappa shape index (κ3) is 3.80. The number of rotatable bonds is 5. The topological polar surface area (TPSA) is 84.2 Å². The van der Waals surface area contributed by atoms with Crippen molar-refractivity contribution >= 4 is 27.7 Å². The molecule has 0 spiro atoms. The van der Waals surface area contributed by atoms with E-state index in [2.05, 4.69) is 26.6 Å². The Bertz CT molecular complexity index is 510. The first-order chi connectivity index (χ1) is 9.39. The minimum absolute atomic E-state index is 0.0430. The quantitative estimate of drug-likeness (QED) is 0.748. The lowest BCUT2D eigenvalue weighted by molar-refractivity contribution is -0.129. The normalized spacial score (nSPS) is 17.1. The Morgan fingerprint density at radius 2 is 1.95 bits per heavy atom. The largest absolute Gasteiger partial charge is 0.352 e. The summed E-state index contributed by atoms with van der Waals surface area (Å²) in [4.78, 5) is 23.7. The number of hydrogen-bond donors (Lipinski definition) is 3. The maximum Gasteiger partial charge on any atom is 0.244 e. The van der Waals surface area contributed by atoms with Crippen LogP contribution in [0.2, 0.25) is 0 Å². The van der Waals surface area contributed by atoms with Gasteiger partial charge < -0.3 is 16.4 Å². The molecule has 1 unspecified atom stereocenters. The third-order valence-electron chi connectivity index (χ3n) is 3.27. The van der Waals surface area contributed by atoms with Crippen LogP contribution in [0.3, 0.4) is 0 Å². The Morgan fingerprint density at radius 1 is 1.35 bits per heavy atom. The fourth-order valence-corrected chi connectivity index (χ4v) is 2.04. The summed E-state index contributed by atoms with van der Waals surface area (Å²) in [6.07, 6.45) is 2.04. The van der Waals surface area contributed by atoms with E-state index in [1.807, 2.05) is 12.1 Å². The van der Waals surface area contributed by atoms with Crippen molar-refractivity contribution in [2.45, 2.75) is 31.3 Å². The van der Waals surface area contributed by atoms with Crippen molar-refractivity contribution in [3.05, 3.63) is 34.3 Å². The van der Waals surface area contributed by atoms with Crippen LogP contribution in [0.5, 0.6) is 0 Å². The molecule has 1 aliphatic rings. The number of halogens is 1. The van der Waals surface area contributed by atoms with Crippen LogP contribution in [-0.4, -0.2) is 24.4 Å². The first-order valence-corrected chi connectivity index (χ1v) is 7.31. The Hall–Kier alpha value is -1.40. The fourth-order valence-electron chi connectivity index (χ4n) is 1.78. The third-order valence-corrected chi connectivity index (χ3v) is 3.80. The van der Waals surface area contributed by atoms with Gasteiger partial charge in [-0.1, -0.05) is 28.1 Å². The first kappa shape index (κ1) is 15.0. The molecule has 1 aromatic carbocycles. The number of carbonyl (C=O) groups excluding carboxylic acids is 2. The van der Waals surface area contributed by atoms with Crippen LogP contribution in [0, 0.1) is 0 Å². The van der Waals surface area contributed by atoms with E-state index in [9.17, 15) is 9.59 Å². The van der Waals surface area contributed by atoms with Gasteiger partial charge in [-0.05, 0) is 37.5 Å². The zero-order valence-electron chi connectivity index (χ0n) is 11.3. The lowest BCUT2D eigenvalue weighted by Gasteiger charge is -2.24. The summed E-state index contributed by atoms with van der Waals surface area (Å²) in [5.41, 5.74) is 5.60.